The van der Waals surface area contributed by atoms with Gasteiger partial charge in [0.15, 0.2) is 5.82 Å². The van der Waals surface area contributed by atoms with Crippen LogP contribution in [0.25, 0.3) is 111 Å². The molecular weight excluding hydrogens is 697 g/mol. The third-order valence-electron chi connectivity index (χ3n) is 10.8. The zero-order valence-electron chi connectivity index (χ0n) is 30.7. The van der Waals surface area contributed by atoms with E-state index in [1.807, 2.05) is 48.8 Å². The maximum Gasteiger partial charge on any atom is 0.164 e. The first kappa shape index (κ1) is 32.7. The van der Waals surface area contributed by atoms with Crippen LogP contribution >= 0.6 is 0 Å². The molecule has 0 fully saturated rings. The van der Waals surface area contributed by atoms with Gasteiger partial charge in [-0.1, -0.05) is 133 Å². The van der Waals surface area contributed by atoms with Gasteiger partial charge in [0.25, 0.3) is 0 Å². The second-order valence-electron chi connectivity index (χ2n) is 14.2. The largest absolute Gasteiger partial charge is 0.455 e. The second kappa shape index (κ2) is 13.5. The number of rotatable bonds is 6. The van der Waals surface area contributed by atoms with E-state index in [0.29, 0.717) is 5.82 Å². The van der Waals surface area contributed by atoms with Gasteiger partial charge < -0.3 is 4.42 Å². The Morgan fingerprint density at radius 1 is 0.351 bits per heavy atom. The Balaban J connectivity index is 1.17. The standard InChI is InChI=1S/C52H32N4O/c1-2-11-33(12-3-1)34-23-25-35(26-24-34)46-32-47(56-52(55-46)45-21-8-20-44-43-17-4-5-22-48(43)57-51(44)45)40-30-38(41-18-6-13-36-15-9-27-53-49(36)41)29-39(31-40)42-19-7-14-37-16-10-28-54-50(37)42/h1-32H. The van der Waals surface area contributed by atoms with E-state index in [-0.39, 0.29) is 0 Å². The highest BCUT2D eigenvalue weighted by atomic mass is 16.3. The van der Waals surface area contributed by atoms with Crippen molar-refractivity contribution in [3.63, 3.8) is 0 Å². The van der Waals surface area contributed by atoms with Gasteiger partial charge in [0.05, 0.1) is 28.0 Å². The number of pyridine rings is 2. The number of nitrogens with zero attached hydrogens (tertiary/aromatic N) is 4. The molecule has 4 aromatic heterocycles. The minimum absolute atomic E-state index is 0.588. The molecule has 0 atom stereocenters. The number of aromatic nitrogens is 4. The summed E-state index contributed by atoms with van der Waals surface area (Å²) < 4.78 is 6.54. The topological polar surface area (TPSA) is 64.7 Å². The summed E-state index contributed by atoms with van der Waals surface area (Å²) in [7, 11) is 0. The number of para-hydroxylation sites is 4. The highest BCUT2D eigenvalue weighted by Gasteiger charge is 2.19. The zero-order chi connectivity index (χ0) is 37.7. The monoisotopic (exact) mass is 728 g/mol. The fraction of sp³-hybridized carbons (Fsp3) is 0. The van der Waals surface area contributed by atoms with E-state index in [0.717, 1.165) is 99.6 Å². The minimum atomic E-state index is 0.588. The molecule has 57 heavy (non-hydrogen) atoms. The fourth-order valence-electron chi connectivity index (χ4n) is 8.01. The molecule has 0 aliphatic carbocycles. The first-order valence-electron chi connectivity index (χ1n) is 19.0. The van der Waals surface area contributed by atoms with Crippen LogP contribution in [-0.4, -0.2) is 19.9 Å². The number of hydrogen-bond donors (Lipinski definition) is 0. The molecular formula is C52H32N4O. The van der Waals surface area contributed by atoms with Crippen LogP contribution in [0.15, 0.2) is 199 Å². The van der Waals surface area contributed by atoms with Gasteiger partial charge in [-0.25, -0.2) is 9.97 Å². The SMILES string of the molecule is c1ccc(-c2ccc(-c3cc(-c4cc(-c5cccc6cccnc56)cc(-c5cccc6cccnc56)c4)nc(-c4cccc5c4oc4ccccc45)n3)cc2)cc1. The van der Waals surface area contributed by atoms with E-state index in [2.05, 4.69) is 146 Å². The van der Waals surface area contributed by atoms with Gasteiger partial charge in [-0.3, -0.25) is 9.97 Å². The average molecular weight is 729 g/mol. The molecule has 5 nitrogen and oxygen atoms in total. The van der Waals surface area contributed by atoms with Gasteiger partial charge >= 0.3 is 0 Å². The Morgan fingerprint density at radius 2 is 0.877 bits per heavy atom. The van der Waals surface area contributed by atoms with Crippen molar-refractivity contribution in [2.75, 3.05) is 0 Å². The van der Waals surface area contributed by atoms with Crippen molar-refractivity contribution in [3.05, 3.63) is 194 Å². The normalized spacial score (nSPS) is 11.5. The molecule has 0 unspecified atom stereocenters. The molecule has 4 heterocycles. The fourth-order valence-corrected chi connectivity index (χ4v) is 8.01. The smallest absolute Gasteiger partial charge is 0.164 e. The summed E-state index contributed by atoms with van der Waals surface area (Å²) in [5, 5.41) is 4.26. The van der Waals surface area contributed by atoms with Gasteiger partial charge in [-0.2, -0.15) is 0 Å². The quantitative estimate of drug-likeness (QED) is 0.171. The van der Waals surface area contributed by atoms with Crippen LogP contribution in [0.2, 0.25) is 0 Å². The zero-order valence-corrected chi connectivity index (χ0v) is 30.7. The van der Waals surface area contributed by atoms with E-state index in [1.54, 1.807) is 0 Å². The summed E-state index contributed by atoms with van der Waals surface area (Å²) in [5.74, 6) is 0.588. The van der Waals surface area contributed by atoms with Crippen LogP contribution in [0.4, 0.5) is 0 Å². The predicted octanol–water partition coefficient (Wildman–Crippen LogP) is 13.5. The van der Waals surface area contributed by atoms with Crippen molar-refractivity contribution in [3.8, 4) is 67.3 Å². The number of fused-ring (bicyclic) bond motifs is 5. The van der Waals surface area contributed by atoms with Crippen molar-refractivity contribution in [2.24, 2.45) is 0 Å². The Kier molecular flexibility index (Phi) is 7.74. The van der Waals surface area contributed by atoms with E-state index in [9.17, 15) is 0 Å². The molecule has 0 N–H and O–H groups in total. The molecule has 0 radical (unpaired) electrons. The third kappa shape index (κ3) is 5.81. The third-order valence-corrected chi connectivity index (χ3v) is 10.8. The first-order valence-corrected chi connectivity index (χ1v) is 19.0. The Labute approximate surface area is 328 Å². The summed E-state index contributed by atoms with van der Waals surface area (Å²) in [4.78, 5) is 20.3. The van der Waals surface area contributed by atoms with Crippen molar-refractivity contribution in [1.29, 1.82) is 0 Å². The molecule has 0 aliphatic rings. The Hall–Kier alpha value is -7.76. The summed E-state index contributed by atoms with van der Waals surface area (Å²) in [5.41, 5.74) is 14.3. The lowest BCUT2D eigenvalue weighted by atomic mass is 9.92. The van der Waals surface area contributed by atoms with Crippen molar-refractivity contribution in [2.45, 2.75) is 0 Å². The highest BCUT2D eigenvalue weighted by molar-refractivity contribution is 6.09. The summed E-state index contributed by atoms with van der Waals surface area (Å²) in [6.45, 7) is 0. The van der Waals surface area contributed by atoms with Gasteiger partial charge in [-0.05, 0) is 70.8 Å². The van der Waals surface area contributed by atoms with Gasteiger partial charge in [0, 0.05) is 56.2 Å². The second-order valence-corrected chi connectivity index (χ2v) is 14.2. The Morgan fingerprint density at radius 3 is 1.58 bits per heavy atom. The van der Waals surface area contributed by atoms with E-state index >= 15 is 0 Å². The summed E-state index contributed by atoms with van der Waals surface area (Å²) >= 11 is 0. The molecule has 11 rings (SSSR count). The number of hydrogen-bond acceptors (Lipinski definition) is 5. The maximum absolute atomic E-state index is 6.54. The molecule has 0 aliphatic heterocycles. The van der Waals surface area contributed by atoms with Crippen LogP contribution in [0.5, 0.6) is 0 Å². The van der Waals surface area contributed by atoms with Crippen LogP contribution in [0.3, 0.4) is 0 Å². The van der Waals surface area contributed by atoms with Gasteiger partial charge in [-0.15, -0.1) is 0 Å². The molecule has 0 saturated carbocycles. The molecule has 0 amide bonds. The van der Waals surface area contributed by atoms with Crippen LogP contribution < -0.4 is 0 Å². The lowest BCUT2D eigenvalue weighted by Gasteiger charge is -2.15. The summed E-state index contributed by atoms with van der Waals surface area (Å²) in [6.07, 6.45) is 3.71. The average Bonchev–Trinajstić information content (AvgIpc) is 3.68. The lowest BCUT2D eigenvalue weighted by molar-refractivity contribution is 0.669. The first-order chi connectivity index (χ1) is 28.2. The number of benzene rings is 7. The lowest BCUT2D eigenvalue weighted by Crippen LogP contribution is -1.97. The van der Waals surface area contributed by atoms with Crippen LogP contribution in [0, 0.1) is 0 Å². The predicted molar refractivity (Wildman–Crippen MR) is 233 cm³/mol. The maximum atomic E-state index is 6.54. The van der Waals surface area contributed by atoms with Gasteiger partial charge in [0.1, 0.15) is 11.2 Å². The molecule has 0 saturated heterocycles. The van der Waals surface area contributed by atoms with Crippen LogP contribution in [-0.2, 0) is 0 Å². The minimum Gasteiger partial charge on any atom is -0.455 e. The van der Waals surface area contributed by atoms with Crippen LogP contribution in [0.1, 0.15) is 0 Å². The molecule has 0 bridgehead atoms. The van der Waals surface area contributed by atoms with Crippen molar-refractivity contribution < 1.29 is 4.42 Å². The van der Waals surface area contributed by atoms with Crippen molar-refractivity contribution in [1.82, 2.24) is 19.9 Å². The van der Waals surface area contributed by atoms with E-state index in [1.165, 1.54) is 5.56 Å². The van der Waals surface area contributed by atoms with Crippen molar-refractivity contribution >= 4 is 43.7 Å². The molecule has 11 aromatic rings. The van der Waals surface area contributed by atoms with E-state index < -0.39 is 0 Å². The van der Waals surface area contributed by atoms with Gasteiger partial charge in [0.2, 0.25) is 0 Å². The molecule has 5 heteroatoms. The molecule has 7 aromatic carbocycles. The number of furan rings is 1. The summed E-state index contributed by atoms with van der Waals surface area (Å²) in [6, 6.07) is 63.1. The molecule has 0 spiro atoms. The molecule has 266 valence electrons. The highest BCUT2D eigenvalue weighted by Crippen LogP contribution is 2.40. The Bertz CT molecular complexity index is 3190. The van der Waals surface area contributed by atoms with E-state index in [4.69, 9.17) is 24.4 Å².